The van der Waals surface area contributed by atoms with E-state index >= 15 is 0 Å². The minimum absolute atomic E-state index is 0.0267. The summed E-state index contributed by atoms with van der Waals surface area (Å²) < 4.78 is 10.7. The Morgan fingerprint density at radius 1 is 1.00 bits per heavy atom. The minimum Gasteiger partial charge on any atom is -0.496 e. The van der Waals surface area contributed by atoms with E-state index in [1.54, 1.807) is 14.2 Å². The van der Waals surface area contributed by atoms with Crippen LogP contribution in [0.25, 0.3) is 0 Å². The SMILES string of the molecule is COc1cccc(OC)c1CCC(=O)Nc1ccc(C)c(C)c1. The molecular weight excluding hydrogens is 290 g/mol. The van der Waals surface area contributed by atoms with Crippen molar-refractivity contribution in [1.82, 2.24) is 0 Å². The van der Waals surface area contributed by atoms with Gasteiger partial charge in [-0.3, -0.25) is 4.79 Å². The number of hydrogen-bond donors (Lipinski definition) is 1. The fourth-order valence-electron chi connectivity index (χ4n) is 2.46. The number of carbonyl (C=O) groups excluding carboxylic acids is 1. The predicted octanol–water partition coefficient (Wildman–Crippen LogP) is 3.89. The zero-order valence-corrected chi connectivity index (χ0v) is 14.1. The quantitative estimate of drug-likeness (QED) is 0.880. The lowest BCUT2D eigenvalue weighted by molar-refractivity contribution is -0.116. The standard InChI is InChI=1S/C19H23NO3/c1-13-8-9-15(12-14(13)2)20-19(21)11-10-16-17(22-3)6-5-7-18(16)23-4/h5-9,12H,10-11H2,1-4H3,(H,20,21). The van der Waals surface area contributed by atoms with Crippen molar-refractivity contribution >= 4 is 11.6 Å². The van der Waals surface area contributed by atoms with Crippen LogP contribution in [0.4, 0.5) is 5.69 Å². The Kier molecular flexibility index (Phi) is 5.63. The number of methoxy groups -OCH3 is 2. The van der Waals surface area contributed by atoms with Crippen LogP contribution in [0.1, 0.15) is 23.1 Å². The van der Waals surface area contributed by atoms with Crippen molar-refractivity contribution in [2.75, 3.05) is 19.5 Å². The van der Waals surface area contributed by atoms with Gasteiger partial charge in [-0.25, -0.2) is 0 Å². The summed E-state index contributed by atoms with van der Waals surface area (Å²) in [6.07, 6.45) is 0.924. The molecule has 0 heterocycles. The van der Waals surface area contributed by atoms with Crippen LogP contribution in [-0.2, 0) is 11.2 Å². The van der Waals surface area contributed by atoms with Crippen molar-refractivity contribution in [1.29, 1.82) is 0 Å². The average molecular weight is 313 g/mol. The fourth-order valence-corrected chi connectivity index (χ4v) is 2.46. The molecule has 0 saturated carbocycles. The highest BCUT2D eigenvalue weighted by molar-refractivity contribution is 5.91. The Morgan fingerprint density at radius 2 is 1.65 bits per heavy atom. The largest absolute Gasteiger partial charge is 0.496 e. The van der Waals surface area contributed by atoms with E-state index in [2.05, 4.69) is 12.2 Å². The van der Waals surface area contributed by atoms with Gasteiger partial charge in [0.2, 0.25) is 5.91 Å². The second-order valence-corrected chi connectivity index (χ2v) is 5.49. The molecule has 0 aromatic heterocycles. The molecule has 1 amide bonds. The van der Waals surface area contributed by atoms with E-state index in [0.29, 0.717) is 12.8 Å². The van der Waals surface area contributed by atoms with Gasteiger partial charge in [-0.15, -0.1) is 0 Å². The summed E-state index contributed by atoms with van der Waals surface area (Å²) in [5.41, 5.74) is 4.11. The molecule has 0 radical (unpaired) electrons. The number of carbonyl (C=O) groups is 1. The topological polar surface area (TPSA) is 47.6 Å². The van der Waals surface area contributed by atoms with Crippen LogP contribution >= 0.6 is 0 Å². The first-order valence-corrected chi connectivity index (χ1v) is 7.62. The van der Waals surface area contributed by atoms with Crippen molar-refractivity contribution < 1.29 is 14.3 Å². The maximum absolute atomic E-state index is 12.2. The number of aryl methyl sites for hydroxylation is 2. The molecular formula is C19H23NO3. The van der Waals surface area contributed by atoms with E-state index in [0.717, 1.165) is 28.3 Å². The number of benzene rings is 2. The lowest BCUT2D eigenvalue weighted by Crippen LogP contribution is -2.13. The molecule has 2 aromatic rings. The van der Waals surface area contributed by atoms with Crippen LogP contribution in [0.15, 0.2) is 36.4 Å². The van der Waals surface area contributed by atoms with Gasteiger partial charge in [-0.05, 0) is 55.7 Å². The van der Waals surface area contributed by atoms with Crippen molar-refractivity contribution in [3.63, 3.8) is 0 Å². The number of anilines is 1. The third-order valence-corrected chi connectivity index (χ3v) is 3.92. The van der Waals surface area contributed by atoms with Gasteiger partial charge in [-0.2, -0.15) is 0 Å². The molecule has 0 aliphatic rings. The van der Waals surface area contributed by atoms with Crippen LogP contribution in [0.5, 0.6) is 11.5 Å². The summed E-state index contributed by atoms with van der Waals surface area (Å²) >= 11 is 0. The molecule has 122 valence electrons. The number of ether oxygens (including phenoxy) is 2. The molecule has 1 N–H and O–H groups in total. The van der Waals surface area contributed by atoms with E-state index in [1.807, 2.05) is 43.3 Å². The van der Waals surface area contributed by atoms with E-state index in [9.17, 15) is 4.79 Å². The predicted molar refractivity (Wildman–Crippen MR) is 92.4 cm³/mol. The smallest absolute Gasteiger partial charge is 0.224 e. The summed E-state index contributed by atoms with van der Waals surface area (Å²) in [7, 11) is 3.24. The van der Waals surface area contributed by atoms with Crippen LogP contribution in [0, 0.1) is 13.8 Å². The van der Waals surface area contributed by atoms with E-state index < -0.39 is 0 Å². The van der Waals surface area contributed by atoms with Crippen LogP contribution < -0.4 is 14.8 Å². The molecule has 0 aliphatic carbocycles. The van der Waals surface area contributed by atoms with Gasteiger partial charge in [0.15, 0.2) is 0 Å². The van der Waals surface area contributed by atoms with Crippen molar-refractivity contribution in [2.24, 2.45) is 0 Å². The fraction of sp³-hybridized carbons (Fsp3) is 0.316. The van der Waals surface area contributed by atoms with Crippen LogP contribution in [0.3, 0.4) is 0 Å². The summed E-state index contributed by atoms with van der Waals surface area (Å²) in [6, 6.07) is 11.5. The van der Waals surface area contributed by atoms with Crippen molar-refractivity contribution in [2.45, 2.75) is 26.7 Å². The maximum Gasteiger partial charge on any atom is 0.224 e. The molecule has 2 aromatic carbocycles. The Hall–Kier alpha value is -2.49. The highest BCUT2D eigenvalue weighted by Gasteiger charge is 2.12. The lowest BCUT2D eigenvalue weighted by Gasteiger charge is -2.13. The molecule has 0 unspecified atom stereocenters. The molecule has 4 heteroatoms. The Balaban J connectivity index is 2.03. The molecule has 0 bridgehead atoms. The molecule has 0 fully saturated rings. The first-order valence-electron chi connectivity index (χ1n) is 7.62. The highest BCUT2D eigenvalue weighted by atomic mass is 16.5. The molecule has 0 atom stereocenters. The minimum atomic E-state index is -0.0267. The van der Waals surface area contributed by atoms with Crippen molar-refractivity contribution in [3.05, 3.63) is 53.1 Å². The Labute approximate surface area is 137 Å². The summed E-state index contributed by atoms with van der Waals surface area (Å²) in [5.74, 6) is 1.45. The van der Waals surface area contributed by atoms with Gasteiger partial charge in [0.05, 0.1) is 14.2 Å². The number of nitrogens with one attached hydrogen (secondary N) is 1. The maximum atomic E-state index is 12.2. The molecule has 2 rings (SSSR count). The van der Waals surface area contributed by atoms with Gasteiger partial charge in [0.25, 0.3) is 0 Å². The van der Waals surface area contributed by atoms with Crippen LogP contribution in [0.2, 0.25) is 0 Å². The third-order valence-electron chi connectivity index (χ3n) is 3.92. The molecule has 0 aliphatic heterocycles. The molecule has 23 heavy (non-hydrogen) atoms. The summed E-state index contributed by atoms with van der Waals surface area (Å²) in [5, 5.41) is 2.93. The number of hydrogen-bond acceptors (Lipinski definition) is 3. The Morgan fingerprint density at radius 3 is 2.22 bits per heavy atom. The highest BCUT2D eigenvalue weighted by Crippen LogP contribution is 2.29. The van der Waals surface area contributed by atoms with E-state index in [1.165, 1.54) is 5.56 Å². The molecule has 0 spiro atoms. The molecule has 0 saturated heterocycles. The van der Waals surface area contributed by atoms with E-state index in [-0.39, 0.29) is 5.91 Å². The second-order valence-electron chi connectivity index (χ2n) is 5.49. The zero-order chi connectivity index (χ0) is 16.8. The van der Waals surface area contributed by atoms with Crippen molar-refractivity contribution in [3.8, 4) is 11.5 Å². The zero-order valence-electron chi connectivity index (χ0n) is 14.1. The third kappa shape index (κ3) is 4.25. The van der Waals surface area contributed by atoms with E-state index in [4.69, 9.17) is 9.47 Å². The normalized spacial score (nSPS) is 10.3. The van der Waals surface area contributed by atoms with Gasteiger partial charge >= 0.3 is 0 Å². The molecule has 4 nitrogen and oxygen atoms in total. The van der Waals surface area contributed by atoms with Gasteiger partial charge in [0, 0.05) is 17.7 Å². The number of rotatable bonds is 6. The van der Waals surface area contributed by atoms with Crippen LogP contribution in [-0.4, -0.2) is 20.1 Å². The van der Waals surface area contributed by atoms with Gasteiger partial charge in [-0.1, -0.05) is 12.1 Å². The first-order chi connectivity index (χ1) is 11.0. The monoisotopic (exact) mass is 313 g/mol. The van der Waals surface area contributed by atoms with Gasteiger partial charge < -0.3 is 14.8 Å². The average Bonchev–Trinajstić information content (AvgIpc) is 2.55. The summed E-state index contributed by atoms with van der Waals surface area (Å²) in [6.45, 7) is 4.08. The Bertz CT molecular complexity index is 673. The van der Waals surface area contributed by atoms with Gasteiger partial charge in [0.1, 0.15) is 11.5 Å². The first kappa shape index (κ1) is 16.9. The summed E-state index contributed by atoms with van der Waals surface area (Å²) in [4.78, 5) is 12.2. The lowest BCUT2D eigenvalue weighted by atomic mass is 10.1. The number of amides is 1. The second kappa shape index (κ2) is 7.68.